The lowest BCUT2D eigenvalue weighted by Gasteiger charge is -2.35. The van der Waals surface area contributed by atoms with Crippen LogP contribution in [0.5, 0.6) is 23.0 Å². The molecule has 16 nitrogen and oxygen atoms in total. The predicted molar refractivity (Wildman–Crippen MR) is 252 cm³/mol. The Bertz CT molecular complexity index is 3190. The highest BCUT2D eigenvalue weighted by molar-refractivity contribution is 6.28. The van der Waals surface area contributed by atoms with Crippen molar-refractivity contribution in [3.63, 3.8) is 0 Å². The fraction of sp³-hybridized carbons (Fsp3) is 0.208. The van der Waals surface area contributed by atoms with Crippen molar-refractivity contribution >= 4 is 40.6 Å². The monoisotopic (exact) mass is 1000 g/mol. The smallest absolute Gasteiger partial charge is 0.229 e. The first-order chi connectivity index (χ1) is 34.0. The Morgan fingerprint density at radius 1 is 0.634 bits per heavy atom. The molecule has 0 saturated carbocycles. The maximum atomic E-state index is 13.8. The van der Waals surface area contributed by atoms with E-state index in [1.54, 1.807) is 62.9 Å². The lowest BCUT2D eigenvalue weighted by molar-refractivity contribution is 0.264. The Balaban J connectivity index is 0.000000159. The number of imidazole rings is 2. The van der Waals surface area contributed by atoms with Crippen LogP contribution in [0.1, 0.15) is 34.6 Å². The molecule has 0 bridgehead atoms. The first-order valence-corrected chi connectivity index (χ1v) is 21.7. The average molecular weight is 1000 g/mol. The van der Waals surface area contributed by atoms with Gasteiger partial charge in [0.2, 0.25) is 11.2 Å². The van der Waals surface area contributed by atoms with Gasteiger partial charge in [-0.15, -0.1) is 0 Å². The maximum Gasteiger partial charge on any atom is 0.229 e. The molecule has 4 aromatic heterocycles. The lowest BCUT2D eigenvalue weighted by Crippen LogP contribution is -2.34. The fourth-order valence-electron chi connectivity index (χ4n) is 7.61. The van der Waals surface area contributed by atoms with Crippen LogP contribution in [0.15, 0.2) is 98.1 Å². The molecule has 2 aliphatic heterocycles. The van der Waals surface area contributed by atoms with Gasteiger partial charge >= 0.3 is 0 Å². The third-order valence-corrected chi connectivity index (χ3v) is 11.4. The summed E-state index contributed by atoms with van der Waals surface area (Å²) in [6, 6.07) is 13.8. The van der Waals surface area contributed by atoms with E-state index in [9.17, 15) is 26.3 Å². The molecule has 0 saturated heterocycles. The summed E-state index contributed by atoms with van der Waals surface area (Å²) >= 11 is 5.73. The van der Waals surface area contributed by atoms with Gasteiger partial charge in [-0.3, -0.25) is 0 Å². The highest BCUT2D eigenvalue weighted by Crippen LogP contribution is 2.39. The first kappa shape index (κ1) is 49.2. The standard InChI is InChI=1S/C24H21F3N6O2.C13H9ClF3N3O.C11H13N3O/c1-13-10-33(12-29-13)18-5-4-15(8-20(18)34-3)30-24-28-9-21-23(31-24)32(2)19(11-35-21)14-6-16(25)22(27)17(26)7-14;1-20-9(6-2-7(15)11(17)8(16)3-6)5-21-10-4-18-13(14)19-12(10)20;1-8-6-14(7-13-8)10-4-3-9(12)5-11(10)15-2/h4-10,12,19H,11H2,1-3H3,(H,28,30,31);2-4,9H,5H2,1H3;3-7H,12H2,1-2H3. The van der Waals surface area contributed by atoms with E-state index in [1.807, 2.05) is 59.6 Å². The van der Waals surface area contributed by atoms with Gasteiger partial charge in [0.1, 0.15) is 24.7 Å². The third-order valence-electron chi connectivity index (χ3n) is 11.2. The molecule has 2 unspecified atom stereocenters. The van der Waals surface area contributed by atoms with Crippen LogP contribution in [0.4, 0.5) is 55.3 Å². The predicted octanol–water partition coefficient (Wildman–Crippen LogP) is 9.60. The quantitative estimate of drug-likeness (QED) is 0.0639. The molecule has 2 aliphatic rings. The summed E-state index contributed by atoms with van der Waals surface area (Å²) < 4.78 is 107. The zero-order valence-electron chi connectivity index (χ0n) is 38.6. The van der Waals surface area contributed by atoms with Gasteiger partial charge in [0.05, 0.1) is 74.1 Å². The van der Waals surface area contributed by atoms with Crippen molar-refractivity contribution in [2.75, 3.05) is 62.4 Å². The van der Waals surface area contributed by atoms with Crippen LogP contribution in [0, 0.1) is 48.8 Å². The van der Waals surface area contributed by atoms with Crippen molar-refractivity contribution in [1.82, 2.24) is 39.0 Å². The van der Waals surface area contributed by atoms with Crippen LogP contribution in [-0.4, -0.2) is 80.6 Å². The number of halogens is 7. The van der Waals surface area contributed by atoms with Crippen molar-refractivity contribution in [3.8, 4) is 34.4 Å². The minimum Gasteiger partial charge on any atom is -0.494 e. The lowest BCUT2D eigenvalue weighted by atomic mass is 10.0. The summed E-state index contributed by atoms with van der Waals surface area (Å²) in [4.78, 5) is 28.4. The molecule has 0 spiro atoms. The van der Waals surface area contributed by atoms with Gasteiger partial charge in [-0.1, -0.05) is 0 Å². The number of nitrogens with zero attached hydrogens (tertiary/aromatic N) is 10. The summed E-state index contributed by atoms with van der Waals surface area (Å²) in [5.74, 6) is -4.71. The summed E-state index contributed by atoms with van der Waals surface area (Å²) in [5.41, 5.74) is 11.1. The Morgan fingerprint density at radius 2 is 1.10 bits per heavy atom. The van der Waals surface area contributed by atoms with Crippen molar-refractivity contribution < 1.29 is 45.3 Å². The van der Waals surface area contributed by atoms with Crippen LogP contribution in [-0.2, 0) is 0 Å². The largest absolute Gasteiger partial charge is 0.494 e. The van der Waals surface area contributed by atoms with E-state index in [-0.39, 0.29) is 35.6 Å². The van der Waals surface area contributed by atoms with Gasteiger partial charge in [-0.2, -0.15) is 9.97 Å². The van der Waals surface area contributed by atoms with E-state index >= 15 is 0 Å². The molecule has 0 fully saturated rings. The van der Waals surface area contributed by atoms with Crippen LogP contribution in [0.25, 0.3) is 11.4 Å². The molecule has 0 aliphatic carbocycles. The summed E-state index contributed by atoms with van der Waals surface area (Å²) in [7, 11) is 6.60. The number of aryl methyl sites for hydroxylation is 2. The Labute approximate surface area is 407 Å². The number of hydrogen-bond donors (Lipinski definition) is 2. The normalized spacial score (nSPS) is 14.7. The van der Waals surface area contributed by atoms with Gasteiger partial charge in [0.25, 0.3) is 0 Å². The summed E-state index contributed by atoms with van der Waals surface area (Å²) in [5, 5.41) is 3.16. The molecule has 0 radical (unpaired) electrons. The number of aromatic nitrogens is 8. The van der Waals surface area contributed by atoms with E-state index < -0.39 is 47.0 Å². The number of nitrogens with two attached hydrogens (primary N) is 1. The number of hydrogen-bond acceptors (Lipinski definition) is 14. The van der Waals surface area contributed by atoms with Crippen LogP contribution < -0.4 is 39.8 Å². The van der Waals surface area contributed by atoms with Gasteiger partial charge < -0.3 is 48.9 Å². The minimum atomic E-state index is -1.51. The number of likely N-dealkylation sites (N-methyl/N-ethyl adjacent to an activating group) is 2. The molecule has 0 amide bonds. The van der Waals surface area contributed by atoms with E-state index in [1.165, 1.54) is 12.4 Å². The van der Waals surface area contributed by atoms with E-state index in [2.05, 4.69) is 35.2 Å². The molecule has 8 aromatic rings. The number of methoxy groups -OCH3 is 2. The Kier molecular flexibility index (Phi) is 14.4. The van der Waals surface area contributed by atoms with Crippen LogP contribution in [0.2, 0.25) is 5.28 Å². The van der Waals surface area contributed by atoms with Gasteiger partial charge in [0.15, 0.2) is 58.0 Å². The minimum absolute atomic E-state index is 0.0290. The van der Waals surface area contributed by atoms with E-state index in [4.69, 9.17) is 36.3 Å². The van der Waals surface area contributed by atoms with Crippen molar-refractivity contribution in [3.05, 3.63) is 161 Å². The average Bonchev–Trinajstić information content (AvgIpc) is 4.00. The highest BCUT2D eigenvalue weighted by atomic mass is 35.5. The number of fused-ring (bicyclic) bond motifs is 2. The molecule has 4 aromatic carbocycles. The van der Waals surface area contributed by atoms with Crippen LogP contribution in [0.3, 0.4) is 0 Å². The topological polar surface area (TPSA) is 169 Å². The van der Waals surface area contributed by atoms with Crippen LogP contribution >= 0.6 is 11.6 Å². The third kappa shape index (κ3) is 10.7. The Hall–Kier alpha value is -8.27. The highest BCUT2D eigenvalue weighted by Gasteiger charge is 2.31. The van der Waals surface area contributed by atoms with Gasteiger partial charge in [-0.25, -0.2) is 46.3 Å². The number of benzene rings is 4. The molecule has 6 heterocycles. The molecule has 23 heteroatoms. The van der Waals surface area contributed by atoms with E-state index in [0.29, 0.717) is 40.3 Å². The zero-order chi connectivity index (χ0) is 50.7. The molecule has 3 N–H and O–H groups in total. The second kappa shape index (κ2) is 20.8. The van der Waals surface area contributed by atoms with Crippen molar-refractivity contribution in [2.24, 2.45) is 0 Å². The van der Waals surface area contributed by atoms with Gasteiger partial charge in [0, 0.05) is 50.0 Å². The zero-order valence-corrected chi connectivity index (χ0v) is 39.4. The van der Waals surface area contributed by atoms with Crippen molar-refractivity contribution in [1.29, 1.82) is 0 Å². The van der Waals surface area contributed by atoms with E-state index in [0.717, 1.165) is 52.8 Å². The molecular formula is C48H43ClF6N12O4. The second-order valence-corrected chi connectivity index (χ2v) is 16.3. The van der Waals surface area contributed by atoms with Gasteiger partial charge in [-0.05, 0) is 85.1 Å². The molecular weight excluding hydrogens is 958 g/mol. The SMILES string of the molecule is CN1c2nc(Cl)ncc2OCC1c1cc(F)c(F)c(F)c1.COc1cc(N)ccc1-n1cnc(C)c1.COc1cc(Nc2ncc3c(n2)N(C)C(c2cc(F)c(F)c(F)c2)CO3)ccc1-n1cnc(C)c1. The maximum absolute atomic E-state index is 13.8. The fourth-order valence-corrected chi connectivity index (χ4v) is 7.74. The Morgan fingerprint density at radius 3 is 1.58 bits per heavy atom. The number of anilines is 5. The summed E-state index contributed by atoms with van der Waals surface area (Å²) in [6.07, 6.45) is 10.2. The number of nitrogen functional groups attached to an aromatic ring is 1. The van der Waals surface area contributed by atoms with Crippen molar-refractivity contribution in [2.45, 2.75) is 25.9 Å². The molecule has 2 atom stereocenters. The molecule has 10 rings (SSSR count). The number of ether oxygens (including phenoxy) is 4. The molecule has 71 heavy (non-hydrogen) atoms. The summed E-state index contributed by atoms with van der Waals surface area (Å²) in [6.45, 7) is 4.07. The molecule has 368 valence electrons. The first-order valence-electron chi connectivity index (χ1n) is 21.3. The number of nitrogens with one attached hydrogen (secondary N) is 1. The number of rotatable bonds is 8. The second-order valence-electron chi connectivity index (χ2n) is 16.0.